The Kier molecular flexibility index (Phi) is 8.65. The number of esters is 1. The van der Waals surface area contributed by atoms with Gasteiger partial charge in [0.05, 0.1) is 29.9 Å². The summed E-state index contributed by atoms with van der Waals surface area (Å²) >= 11 is 0. The van der Waals surface area contributed by atoms with Crippen molar-refractivity contribution in [2.75, 3.05) is 13.6 Å². The van der Waals surface area contributed by atoms with E-state index in [-0.39, 0.29) is 35.1 Å². The van der Waals surface area contributed by atoms with E-state index in [0.29, 0.717) is 23.4 Å². The van der Waals surface area contributed by atoms with E-state index in [0.717, 1.165) is 50.5 Å². The van der Waals surface area contributed by atoms with Gasteiger partial charge < -0.3 is 9.64 Å². The van der Waals surface area contributed by atoms with Crippen LogP contribution < -0.4 is 0 Å². The van der Waals surface area contributed by atoms with Crippen molar-refractivity contribution >= 4 is 11.9 Å². The number of rotatable bonds is 8. The van der Waals surface area contributed by atoms with Crippen LogP contribution in [0.2, 0.25) is 0 Å². The summed E-state index contributed by atoms with van der Waals surface area (Å²) in [5.74, 6) is 0.612. The van der Waals surface area contributed by atoms with Crippen molar-refractivity contribution < 1.29 is 14.3 Å². The van der Waals surface area contributed by atoms with E-state index in [1.807, 2.05) is 38.1 Å². The van der Waals surface area contributed by atoms with Crippen molar-refractivity contribution in [1.29, 1.82) is 0 Å². The Balaban J connectivity index is 1.95. The lowest BCUT2D eigenvalue weighted by Gasteiger charge is -2.51. The van der Waals surface area contributed by atoms with Gasteiger partial charge in [-0.05, 0) is 93.9 Å². The molecule has 1 aromatic carbocycles. The average molecular weight is 499 g/mol. The third-order valence-electron chi connectivity index (χ3n) is 9.05. The molecule has 1 aliphatic carbocycles. The Hall–Kier alpha value is -1.88. The number of nitrogens with zero attached hydrogens (tertiary/aromatic N) is 2. The predicted octanol–water partition coefficient (Wildman–Crippen LogP) is 7.22. The quantitative estimate of drug-likeness (QED) is 0.355. The SMILES string of the molecule is CCC(C)(C)CCC(c1ccc(C(=O)OC(C)C)cc1)N1C(=O)CN(C)C12CCC(C(C)(C)C)CC2. The van der Waals surface area contributed by atoms with Crippen LogP contribution in [-0.2, 0) is 9.53 Å². The van der Waals surface area contributed by atoms with Gasteiger partial charge in [0, 0.05) is 0 Å². The Morgan fingerprint density at radius 3 is 2.17 bits per heavy atom. The minimum absolute atomic E-state index is 0.00497. The van der Waals surface area contributed by atoms with Crippen LogP contribution in [0.1, 0.15) is 122 Å². The smallest absolute Gasteiger partial charge is 0.338 e. The van der Waals surface area contributed by atoms with Crippen LogP contribution in [0, 0.1) is 16.7 Å². The molecule has 3 rings (SSSR count). The van der Waals surface area contributed by atoms with Crippen molar-refractivity contribution in [3.8, 4) is 0 Å². The van der Waals surface area contributed by atoms with Crippen LogP contribution in [0.5, 0.6) is 0 Å². The second-order valence-electron chi connectivity index (χ2n) is 13.4. The van der Waals surface area contributed by atoms with Gasteiger partial charge in [0.25, 0.3) is 0 Å². The predicted molar refractivity (Wildman–Crippen MR) is 147 cm³/mol. The Morgan fingerprint density at radius 2 is 1.67 bits per heavy atom. The first kappa shape index (κ1) is 28.7. The Bertz CT molecular complexity index is 905. The molecular weight excluding hydrogens is 448 g/mol. The summed E-state index contributed by atoms with van der Waals surface area (Å²) in [4.78, 5) is 30.7. The summed E-state index contributed by atoms with van der Waals surface area (Å²) in [6, 6.07) is 7.81. The lowest BCUT2D eigenvalue weighted by atomic mass is 9.69. The van der Waals surface area contributed by atoms with Crippen LogP contribution in [0.3, 0.4) is 0 Å². The molecule has 1 heterocycles. The maximum atomic E-state index is 13.7. The molecule has 1 spiro atoms. The Morgan fingerprint density at radius 1 is 1.08 bits per heavy atom. The highest BCUT2D eigenvalue weighted by atomic mass is 16.5. The molecule has 2 fully saturated rings. The van der Waals surface area contributed by atoms with Crippen molar-refractivity contribution in [1.82, 2.24) is 9.80 Å². The number of hydrogen-bond donors (Lipinski definition) is 0. The highest BCUT2D eigenvalue weighted by Crippen LogP contribution is 2.50. The maximum Gasteiger partial charge on any atom is 0.338 e. The molecule has 2 aliphatic rings. The molecule has 0 N–H and O–H groups in total. The van der Waals surface area contributed by atoms with E-state index in [9.17, 15) is 9.59 Å². The molecule has 1 saturated heterocycles. The zero-order valence-corrected chi connectivity index (χ0v) is 24.3. The first-order valence-electron chi connectivity index (χ1n) is 14.0. The number of hydrogen-bond acceptors (Lipinski definition) is 4. The van der Waals surface area contributed by atoms with E-state index in [1.54, 1.807) is 0 Å². The van der Waals surface area contributed by atoms with Gasteiger partial charge in [-0.25, -0.2) is 4.79 Å². The van der Waals surface area contributed by atoms with Gasteiger partial charge in [0.15, 0.2) is 0 Å². The van der Waals surface area contributed by atoms with E-state index < -0.39 is 0 Å². The topological polar surface area (TPSA) is 49.9 Å². The fourth-order valence-electron chi connectivity index (χ4n) is 6.15. The number of carbonyl (C=O) groups excluding carboxylic acids is 2. The number of likely N-dealkylation sites (N-methyl/N-ethyl adjacent to an activating group) is 1. The zero-order valence-electron chi connectivity index (χ0n) is 24.3. The van der Waals surface area contributed by atoms with Gasteiger partial charge in [-0.3, -0.25) is 9.69 Å². The third-order valence-corrected chi connectivity index (χ3v) is 9.05. The summed E-state index contributed by atoms with van der Waals surface area (Å²) in [6.45, 7) is 18.1. The molecule has 5 nitrogen and oxygen atoms in total. The minimum atomic E-state index is -0.297. The van der Waals surface area contributed by atoms with Gasteiger partial charge in [-0.2, -0.15) is 0 Å². The van der Waals surface area contributed by atoms with E-state index in [2.05, 4.69) is 58.4 Å². The molecule has 1 amide bonds. The molecule has 5 heteroatoms. The number of benzene rings is 1. The van der Waals surface area contributed by atoms with Crippen LogP contribution in [0.25, 0.3) is 0 Å². The molecule has 0 radical (unpaired) electrons. The van der Waals surface area contributed by atoms with Gasteiger partial charge >= 0.3 is 5.97 Å². The lowest BCUT2D eigenvalue weighted by molar-refractivity contribution is -0.138. The van der Waals surface area contributed by atoms with E-state index in [4.69, 9.17) is 4.74 Å². The maximum absolute atomic E-state index is 13.7. The molecule has 0 aromatic heterocycles. The highest BCUT2D eigenvalue weighted by Gasteiger charge is 2.54. The van der Waals surface area contributed by atoms with Crippen molar-refractivity contribution in [2.45, 2.75) is 118 Å². The molecule has 0 bridgehead atoms. The normalized spacial score (nSPS) is 24.6. The molecule has 36 heavy (non-hydrogen) atoms. The molecule has 1 saturated carbocycles. The van der Waals surface area contributed by atoms with Gasteiger partial charge in [-0.1, -0.05) is 60.1 Å². The summed E-state index contributed by atoms with van der Waals surface area (Å²) < 4.78 is 5.39. The fraction of sp³-hybridized carbons (Fsp3) is 0.742. The molecule has 1 atom stereocenters. The summed E-state index contributed by atoms with van der Waals surface area (Å²) in [5.41, 5.74) is 1.95. The Labute approximate surface area is 219 Å². The summed E-state index contributed by atoms with van der Waals surface area (Å²) in [5, 5.41) is 0. The van der Waals surface area contributed by atoms with Crippen LogP contribution in [0.15, 0.2) is 24.3 Å². The molecule has 1 unspecified atom stereocenters. The van der Waals surface area contributed by atoms with E-state index in [1.165, 1.54) is 0 Å². The molecule has 1 aromatic rings. The minimum Gasteiger partial charge on any atom is -0.459 e. The van der Waals surface area contributed by atoms with Gasteiger partial charge in [0.1, 0.15) is 0 Å². The number of ether oxygens (including phenoxy) is 1. The lowest BCUT2D eigenvalue weighted by Crippen LogP contribution is -2.56. The molecule has 202 valence electrons. The van der Waals surface area contributed by atoms with Gasteiger partial charge in [0.2, 0.25) is 5.91 Å². The van der Waals surface area contributed by atoms with Crippen molar-refractivity contribution in [3.63, 3.8) is 0 Å². The van der Waals surface area contributed by atoms with Crippen LogP contribution in [-0.4, -0.2) is 47.0 Å². The third kappa shape index (κ3) is 6.15. The van der Waals surface area contributed by atoms with Crippen molar-refractivity contribution in [3.05, 3.63) is 35.4 Å². The van der Waals surface area contributed by atoms with Crippen LogP contribution >= 0.6 is 0 Å². The first-order valence-corrected chi connectivity index (χ1v) is 14.0. The van der Waals surface area contributed by atoms with Crippen LogP contribution in [0.4, 0.5) is 0 Å². The molecule has 1 aliphatic heterocycles. The summed E-state index contributed by atoms with van der Waals surface area (Å²) in [6.07, 6.45) is 7.23. The fourth-order valence-corrected chi connectivity index (χ4v) is 6.15. The standard InChI is InChI=1S/C31H50N2O3/c1-10-30(7,8)18-17-26(23-11-13-24(14-12-23)28(35)36-22(2)3)33-27(34)21-32(9)31(33)19-15-25(16-20-31)29(4,5)6/h11-14,22,25-26H,10,15-21H2,1-9H3. The van der Waals surface area contributed by atoms with Crippen molar-refractivity contribution in [2.24, 2.45) is 16.7 Å². The number of amides is 1. The molecular formula is C31H50N2O3. The van der Waals surface area contributed by atoms with E-state index >= 15 is 0 Å². The van der Waals surface area contributed by atoms with Gasteiger partial charge in [-0.15, -0.1) is 0 Å². The zero-order chi connectivity index (χ0) is 26.9. The largest absolute Gasteiger partial charge is 0.459 e. The monoisotopic (exact) mass is 498 g/mol. The average Bonchev–Trinajstić information content (AvgIpc) is 3.03. The highest BCUT2D eigenvalue weighted by molar-refractivity contribution is 5.89. The second-order valence-corrected chi connectivity index (χ2v) is 13.4. The second kappa shape index (κ2) is 10.8. The first-order chi connectivity index (χ1) is 16.7. The summed E-state index contributed by atoms with van der Waals surface area (Å²) in [7, 11) is 2.13. The number of carbonyl (C=O) groups is 2.